The highest BCUT2D eigenvalue weighted by Crippen LogP contribution is 2.17. The number of benzene rings is 1. The molecule has 4 heteroatoms. The quantitative estimate of drug-likeness (QED) is 0.577. The highest BCUT2D eigenvalue weighted by molar-refractivity contribution is 14.1. The summed E-state index contributed by atoms with van der Waals surface area (Å²) in [6, 6.07) is 6.40. The molecule has 0 saturated carbocycles. The zero-order valence-electron chi connectivity index (χ0n) is 8.24. The first-order valence-electron chi connectivity index (χ1n) is 4.56. The lowest BCUT2D eigenvalue weighted by atomic mass is 10.2. The number of alkyl halides is 1. The lowest BCUT2D eigenvalue weighted by molar-refractivity contribution is 1.05. The molecule has 0 bridgehead atoms. The normalized spacial score (nSPS) is 10.6. The molecule has 0 amide bonds. The van der Waals surface area contributed by atoms with Crippen molar-refractivity contribution in [3.05, 3.63) is 45.6 Å². The molecule has 15 heavy (non-hydrogen) atoms. The summed E-state index contributed by atoms with van der Waals surface area (Å²) in [7, 11) is 0. The van der Waals surface area contributed by atoms with Crippen molar-refractivity contribution in [3.8, 4) is 5.69 Å². The van der Waals surface area contributed by atoms with Gasteiger partial charge in [-0.2, -0.15) is 0 Å². The Bertz CT molecular complexity index is 479. The summed E-state index contributed by atoms with van der Waals surface area (Å²) < 4.78 is 3.32. The fourth-order valence-corrected chi connectivity index (χ4v) is 2.10. The van der Waals surface area contributed by atoms with Gasteiger partial charge in [0.05, 0.1) is 12.0 Å². The van der Waals surface area contributed by atoms with Crippen molar-refractivity contribution in [2.45, 2.75) is 12.3 Å². The van der Waals surface area contributed by atoms with Crippen molar-refractivity contribution in [3.63, 3.8) is 0 Å². The Labute approximate surface area is 111 Å². The molecule has 1 aromatic heterocycles. The van der Waals surface area contributed by atoms with E-state index in [1.165, 1.54) is 9.13 Å². The standard InChI is InChI=1S/C11H10BrIN2/c1-8-2-3-10(4-11(8)13)15-6-9(5-12)14-7-15/h2-4,6-7H,5H2,1H3. The maximum atomic E-state index is 4.28. The number of aromatic nitrogens is 2. The van der Waals surface area contributed by atoms with Crippen LogP contribution in [0.4, 0.5) is 0 Å². The Morgan fingerprint density at radius 2 is 2.27 bits per heavy atom. The molecule has 2 nitrogen and oxygen atoms in total. The van der Waals surface area contributed by atoms with Crippen LogP contribution in [-0.4, -0.2) is 9.55 Å². The number of hydrogen-bond acceptors (Lipinski definition) is 1. The molecule has 0 atom stereocenters. The smallest absolute Gasteiger partial charge is 0.0995 e. The molecule has 0 unspecified atom stereocenters. The van der Waals surface area contributed by atoms with E-state index >= 15 is 0 Å². The summed E-state index contributed by atoms with van der Waals surface area (Å²) in [5.74, 6) is 0. The van der Waals surface area contributed by atoms with Crippen LogP contribution in [0.25, 0.3) is 5.69 Å². The highest BCUT2D eigenvalue weighted by Gasteiger charge is 2.01. The lowest BCUT2D eigenvalue weighted by Gasteiger charge is -2.04. The van der Waals surface area contributed by atoms with Crippen LogP contribution in [0.15, 0.2) is 30.7 Å². The molecule has 78 valence electrons. The van der Waals surface area contributed by atoms with Crippen LogP contribution in [0.2, 0.25) is 0 Å². The molecule has 0 fully saturated rings. The summed E-state index contributed by atoms with van der Waals surface area (Å²) in [4.78, 5) is 4.28. The third kappa shape index (κ3) is 2.42. The number of hydrogen-bond donors (Lipinski definition) is 0. The Hall–Kier alpha value is -0.360. The molecule has 2 rings (SSSR count). The Morgan fingerprint density at radius 1 is 1.47 bits per heavy atom. The molecule has 0 aliphatic heterocycles. The molecule has 1 aromatic carbocycles. The Balaban J connectivity index is 2.40. The topological polar surface area (TPSA) is 17.8 Å². The summed E-state index contributed by atoms with van der Waals surface area (Å²) in [6.45, 7) is 2.11. The van der Waals surface area contributed by atoms with Crippen LogP contribution in [0.3, 0.4) is 0 Å². The molecule has 0 aliphatic carbocycles. The van der Waals surface area contributed by atoms with Crippen molar-refractivity contribution in [1.29, 1.82) is 0 Å². The minimum atomic E-state index is 0.795. The van der Waals surface area contributed by atoms with Crippen molar-refractivity contribution in [2.75, 3.05) is 0 Å². The fourth-order valence-electron chi connectivity index (χ4n) is 1.32. The van der Waals surface area contributed by atoms with Crippen molar-refractivity contribution in [1.82, 2.24) is 9.55 Å². The third-order valence-electron chi connectivity index (χ3n) is 2.23. The van der Waals surface area contributed by atoms with Gasteiger partial charge in [-0.25, -0.2) is 4.98 Å². The van der Waals surface area contributed by atoms with Gasteiger partial charge < -0.3 is 4.57 Å². The Kier molecular flexibility index (Phi) is 3.45. The van der Waals surface area contributed by atoms with E-state index in [2.05, 4.69) is 68.6 Å². The summed E-state index contributed by atoms with van der Waals surface area (Å²) in [6.07, 6.45) is 3.88. The molecule has 0 aliphatic rings. The van der Waals surface area contributed by atoms with Gasteiger partial charge in [-0.05, 0) is 47.2 Å². The molecular weight excluding hydrogens is 367 g/mol. The van der Waals surface area contributed by atoms with Gasteiger partial charge in [-0.3, -0.25) is 0 Å². The zero-order valence-corrected chi connectivity index (χ0v) is 12.0. The molecule has 0 N–H and O–H groups in total. The number of aryl methyl sites for hydroxylation is 1. The third-order valence-corrected chi connectivity index (χ3v) is 3.96. The average molecular weight is 377 g/mol. The van der Waals surface area contributed by atoms with E-state index < -0.39 is 0 Å². The minimum Gasteiger partial charge on any atom is -0.306 e. The van der Waals surface area contributed by atoms with Gasteiger partial charge in [0.25, 0.3) is 0 Å². The van der Waals surface area contributed by atoms with Gasteiger partial charge in [-0.15, -0.1) is 0 Å². The van der Waals surface area contributed by atoms with E-state index in [9.17, 15) is 0 Å². The van der Waals surface area contributed by atoms with E-state index in [4.69, 9.17) is 0 Å². The molecule has 0 saturated heterocycles. The number of halogens is 2. The monoisotopic (exact) mass is 376 g/mol. The van der Waals surface area contributed by atoms with Gasteiger partial charge in [0, 0.05) is 20.8 Å². The lowest BCUT2D eigenvalue weighted by Crippen LogP contribution is -1.91. The van der Waals surface area contributed by atoms with Crippen LogP contribution < -0.4 is 0 Å². The van der Waals surface area contributed by atoms with E-state index in [0.717, 1.165) is 16.7 Å². The van der Waals surface area contributed by atoms with Gasteiger partial charge in [0.1, 0.15) is 0 Å². The fraction of sp³-hybridized carbons (Fsp3) is 0.182. The maximum Gasteiger partial charge on any atom is 0.0995 e. The van der Waals surface area contributed by atoms with Crippen LogP contribution >= 0.6 is 38.5 Å². The number of nitrogens with zero attached hydrogens (tertiary/aromatic N) is 2. The van der Waals surface area contributed by atoms with Gasteiger partial charge in [0.15, 0.2) is 0 Å². The van der Waals surface area contributed by atoms with Crippen LogP contribution in [0.1, 0.15) is 11.3 Å². The molecule has 1 heterocycles. The van der Waals surface area contributed by atoms with Crippen molar-refractivity contribution in [2.24, 2.45) is 0 Å². The first-order valence-corrected chi connectivity index (χ1v) is 6.76. The summed E-state index contributed by atoms with van der Waals surface area (Å²) in [5, 5.41) is 0.795. The van der Waals surface area contributed by atoms with Crippen molar-refractivity contribution >= 4 is 38.5 Å². The number of rotatable bonds is 2. The predicted octanol–water partition coefficient (Wildman–Crippen LogP) is 3.68. The summed E-state index contributed by atoms with van der Waals surface area (Å²) in [5.41, 5.74) is 3.51. The SMILES string of the molecule is Cc1ccc(-n2cnc(CBr)c2)cc1I. The first-order chi connectivity index (χ1) is 7.20. The minimum absolute atomic E-state index is 0.795. The Morgan fingerprint density at radius 3 is 2.87 bits per heavy atom. The summed E-state index contributed by atoms with van der Waals surface area (Å²) >= 11 is 5.74. The van der Waals surface area contributed by atoms with Crippen molar-refractivity contribution < 1.29 is 0 Å². The van der Waals surface area contributed by atoms with Crippen LogP contribution in [0.5, 0.6) is 0 Å². The largest absolute Gasteiger partial charge is 0.306 e. The van der Waals surface area contributed by atoms with E-state index in [-0.39, 0.29) is 0 Å². The zero-order chi connectivity index (χ0) is 10.8. The van der Waals surface area contributed by atoms with Gasteiger partial charge >= 0.3 is 0 Å². The second-order valence-corrected chi connectivity index (χ2v) is 5.06. The predicted molar refractivity (Wildman–Crippen MR) is 73.6 cm³/mol. The maximum absolute atomic E-state index is 4.28. The second kappa shape index (κ2) is 4.65. The van der Waals surface area contributed by atoms with Gasteiger partial charge in [-0.1, -0.05) is 22.0 Å². The average Bonchev–Trinajstić information content (AvgIpc) is 2.70. The van der Waals surface area contributed by atoms with Crippen LogP contribution in [0, 0.1) is 10.5 Å². The van der Waals surface area contributed by atoms with E-state index in [1.54, 1.807) is 0 Å². The highest BCUT2D eigenvalue weighted by atomic mass is 127. The molecule has 0 radical (unpaired) electrons. The van der Waals surface area contributed by atoms with Crippen LogP contribution in [-0.2, 0) is 5.33 Å². The van der Waals surface area contributed by atoms with Gasteiger partial charge in [0.2, 0.25) is 0 Å². The van der Waals surface area contributed by atoms with E-state index in [0.29, 0.717) is 0 Å². The van der Waals surface area contributed by atoms with E-state index in [1.807, 2.05) is 17.1 Å². The second-order valence-electron chi connectivity index (χ2n) is 3.34. The molecular formula is C11H10BrIN2. The molecule has 2 aromatic rings. The number of imidazole rings is 1. The first kappa shape index (κ1) is 11.1. The molecule has 0 spiro atoms.